The number of ether oxygens (including phenoxy) is 2. The summed E-state index contributed by atoms with van der Waals surface area (Å²) in [6.45, 7) is 0.661. The van der Waals surface area contributed by atoms with Crippen molar-refractivity contribution in [3.05, 3.63) is 24.3 Å². The van der Waals surface area contributed by atoms with E-state index in [4.69, 9.17) is 15.2 Å². The van der Waals surface area contributed by atoms with E-state index in [9.17, 15) is 4.79 Å². The van der Waals surface area contributed by atoms with E-state index >= 15 is 0 Å². The molecule has 1 aromatic rings. The first kappa shape index (κ1) is 12.7. The Morgan fingerprint density at radius 1 is 1.44 bits per heavy atom. The maximum absolute atomic E-state index is 11.7. The number of nitrogens with two attached hydrogens (primary N) is 1. The van der Waals surface area contributed by atoms with Gasteiger partial charge in [-0.1, -0.05) is 12.1 Å². The molecule has 0 aromatic heterocycles. The lowest BCUT2D eigenvalue weighted by Gasteiger charge is -2.33. The topological polar surface area (TPSA) is 73.6 Å². The number of hydrogen-bond acceptors (Lipinski definition) is 4. The number of rotatable bonds is 4. The Morgan fingerprint density at radius 2 is 2.17 bits per heavy atom. The first-order chi connectivity index (χ1) is 8.72. The highest BCUT2D eigenvalue weighted by molar-refractivity contribution is 5.86. The average Bonchev–Trinajstić information content (AvgIpc) is 2.34. The van der Waals surface area contributed by atoms with Gasteiger partial charge in [-0.25, -0.2) is 4.79 Å². The molecule has 5 heteroatoms. The van der Waals surface area contributed by atoms with Gasteiger partial charge in [0.1, 0.15) is 11.9 Å². The summed E-state index contributed by atoms with van der Waals surface area (Å²) in [6.07, 6.45) is 1.26. The van der Waals surface area contributed by atoms with Gasteiger partial charge in [0.2, 0.25) is 0 Å². The Bertz CT molecular complexity index is 416. The van der Waals surface area contributed by atoms with E-state index in [1.54, 1.807) is 19.2 Å². The number of carbonyl (C=O) groups excluding carboxylic acids is 1. The second-order valence-electron chi connectivity index (χ2n) is 4.43. The fourth-order valence-electron chi connectivity index (χ4n) is 2.00. The first-order valence-corrected chi connectivity index (χ1v) is 6.03. The van der Waals surface area contributed by atoms with Gasteiger partial charge < -0.3 is 15.2 Å². The van der Waals surface area contributed by atoms with E-state index in [1.807, 2.05) is 12.1 Å². The molecule has 1 saturated carbocycles. The molecule has 18 heavy (non-hydrogen) atoms. The minimum Gasteiger partial charge on any atom is -0.495 e. The largest absolute Gasteiger partial charge is 0.495 e. The van der Waals surface area contributed by atoms with Crippen LogP contribution in [0, 0.1) is 5.92 Å². The molecular formula is C13H18N2O3. The monoisotopic (exact) mass is 250 g/mol. The molecule has 0 aliphatic heterocycles. The fraction of sp³-hybridized carbons (Fsp3) is 0.462. The molecule has 1 aromatic carbocycles. The summed E-state index contributed by atoms with van der Waals surface area (Å²) in [4.78, 5) is 11.7. The Morgan fingerprint density at radius 3 is 2.83 bits per heavy atom. The Hall–Kier alpha value is -1.75. The lowest BCUT2D eigenvalue weighted by Crippen LogP contribution is -2.38. The zero-order chi connectivity index (χ0) is 13.0. The van der Waals surface area contributed by atoms with Crippen LogP contribution in [0.4, 0.5) is 10.5 Å². The van der Waals surface area contributed by atoms with Crippen LogP contribution in [-0.2, 0) is 4.74 Å². The van der Waals surface area contributed by atoms with Gasteiger partial charge in [-0.3, -0.25) is 5.32 Å². The van der Waals surface area contributed by atoms with E-state index in [-0.39, 0.29) is 6.10 Å². The van der Waals surface area contributed by atoms with Gasteiger partial charge in [-0.2, -0.15) is 0 Å². The number of hydrogen-bond donors (Lipinski definition) is 2. The molecule has 0 radical (unpaired) electrons. The summed E-state index contributed by atoms with van der Waals surface area (Å²) >= 11 is 0. The van der Waals surface area contributed by atoms with Gasteiger partial charge in [-0.05, 0) is 37.4 Å². The molecule has 0 bridgehead atoms. The normalized spacial score (nSPS) is 21.9. The van der Waals surface area contributed by atoms with E-state index in [0.29, 0.717) is 23.9 Å². The van der Waals surface area contributed by atoms with Crippen molar-refractivity contribution in [3.8, 4) is 5.75 Å². The van der Waals surface area contributed by atoms with Gasteiger partial charge >= 0.3 is 6.09 Å². The van der Waals surface area contributed by atoms with Crippen LogP contribution in [0.15, 0.2) is 24.3 Å². The minimum atomic E-state index is -0.444. The van der Waals surface area contributed by atoms with Crippen LogP contribution in [0.3, 0.4) is 0 Å². The van der Waals surface area contributed by atoms with Gasteiger partial charge in [-0.15, -0.1) is 0 Å². The first-order valence-electron chi connectivity index (χ1n) is 6.03. The van der Waals surface area contributed by atoms with Crippen LogP contribution in [0.5, 0.6) is 5.75 Å². The maximum Gasteiger partial charge on any atom is 0.412 e. The van der Waals surface area contributed by atoms with Crippen LogP contribution in [0.2, 0.25) is 0 Å². The SMILES string of the molecule is COc1ccccc1NC(=O)OC1CC(CN)C1. The number of para-hydroxylation sites is 2. The van der Waals surface area contributed by atoms with Gasteiger partial charge in [0.05, 0.1) is 12.8 Å². The predicted octanol–water partition coefficient (Wildman–Crippen LogP) is 1.98. The smallest absolute Gasteiger partial charge is 0.412 e. The van der Waals surface area contributed by atoms with Crippen LogP contribution in [-0.4, -0.2) is 25.9 Å². The van der Waals surface area contributed by atoms with E-state index in [1.165, 1.54) is 0 Å². The van der Waals surface area contributed by atoms with Crippen molar-refractivity contribution in [1.82, 2.24) is 0 Å². The highest BCUT2D eigenvalue weighted by Gasteiger charge is 2.31. The Balaban J connectivity index is 1.84. The Labute approximate surface area is 106 Å². The third-order valence-electron chi connectivity index (χ3n) is 3.14. The van der Waals surface area contributed by atoms with Crippen molar-refractivity contribution in [2.45, 2.75) is 18.9 Å². The number of amides is 1. The quantitative estimate of drug-likeness (QED) is 0.857. The molecule has 0 unspecified atom stereocenters. The third-order valence-corrected chi connectivity index (χ3v) is 3.14. The minimum absolute atomic E-state index is 0.00624. The summed E-state index contributed by atoms with van der Waals surface area (Å²) in [7, 11) is 1.56. The summed E-state index contributed by atoms with van der Waals surface area (Å²) in [5.41, 5.74) is 6.13. The molecule has 1 aliphatic rings. The van der Waals surface area contributed by atoms with Crippen molar-refractivity contribution in [2.24, 2.45) is 11.7 Å². The summed E-state index contributed by atoms with van der Waals surface area (Å²) in [6, 6.07) is 7.21. The average molecular weight is 250 g/mol. The van der Waals surface area contributed by atoms with Crippen molar-refractivity contribution in [1.29, 1.82) is 0 Å². The molecule has 98 valence electrons. The summed E-state index contributed by atoms with van der Waals surface area (Å²) < 4.78 is 10.4. The highest BCUT2D eigenvalue weighted by Crippen LogP contribution is 2.30. The molecule has 0 saturated heterocycles. The molecule has 3 N–H and O–H groups in total. The number of benzene rings is 1. The maximum atomic E-state index is 11.7. The zero-order valence-electron chi connectivity index (χ0n) is 10.4. The highest BCUT2D eigenvalue weighted by atomic mass is 16.6. The molecule has 2 rings (SSSR count). The zero-order valence-corrected chi connectivity index (χ0v) is 10.4. The second-order valence-corrected chi connectivity index (χ2v) is 4.43. The fourth-order valence-corrected chi connectivity index (χ4v) is 2.00. The molecule has 0 heterocycles. The summed E-state index contributed by atoms with van der Waals surface area (Å²) in [5, 5.41) is 2.68. The number of anilines is 1. The van der Waals surface area contributed by atoms with Crippen molar-refractivity contribution < 1.29 is 14.3 Å². The van der Waals surface area contributed by atoms with Crippen LogP contribution in [0.1, 0.15) is 12.8 Å². The number of carbonyl (C=O) groups is 1. The molecule has 0 atom stereocenters. The summed E-state index contributed by atoms with van der Waals surface area (Å²) in [5.74, 6) is 1.11. The van der Waals surface area contributed by atoms with Crippen LogP contribution < -0.4 is 15.8 Å². The van der Waals surface area contributed by atoms with Crippen molar-refractivity contribution in [2.75, 3.05) is 19.0 Å². The van der Waals surface area contributed by atoms with E-state index in [2.05, 4.69) is 5.32 Å². The second kappa shape index (κ2) is 5.73. The molecule has 1 fully saturated rings. The molecule has 5 nitrogen and oxygen atoms in total. The Kier molecular flexibility index (Phi) is 4.04. The lowest BCUT2D eigenvalue weighted by molar-refractivity contribution is 0.0278. The van der Waals surface area contributed by atoms with Crippen molar-refractivity contribution in [3.63, 3.8) is 0 Å². The van der Waals surface area contributed by atoms with Crippen LogP contribution >= 0.6 is 0 Å². The standard InChI is InChI=1S/C13H18N2O3/c1-17-12-5-3-2-4-11(12)15-13(16)18-10-6-9(7-10)8-14/h2-5,9-10H,6-8,14H2,1H3,(H,15,16). The third kappa shape index (κ3) is 2.92. The lowest BCUT2D eigenvalue weighted by atomic mass is 9.82. The van der Waals surface area contributed by atoms with Crippen molar-refractivity contribution >= 4 is 11.8 Å². The van der Waals surface area contributed by atoms with Gasteiger partial charge in [0.15, 0.2) is 0 Å². The predicted molar refractivity (Wildman–Crippen MR) is 68.7 cm³/mol. The number of methoxy groups -OCH3 is 1. The van der Waals surface area contributed by atoms with E-state index < -0.39 is 6.09 Å². The van der Waals surface area contributed by atoms with E-state index in [0.717, 1.165) is 12.8 Å². The molecule has 1 aliphatic carbocycles. The molecule has 0 spiro atoms. The van der Waals surface area contributed by atoms with Gasteiger partial charge in [0, 0.05) is 0 Å². The molecular weight excluding hydrogens is 232 g/mol. The molecule has 1 amide bonds. The van der Waals surface area contributed by atoms with Gasteiger partial charge in [0.25, 0.3) is 0 Å². The van der Waals surface area contributed by atoms with Crippen LogP contribution in [0.25, 0.3) is 0 Å². The number of nitrogens with one attached hydrogen (secondary N) is 1.